The molecule has 4 nitrogen and oxygen atoms in total. The quantitative estimate of drug-likeness (QED) is 0.455. The lowest BCUT2D eigenvalue weighted by Crippen LogP contribution is -2.22. The third-order valence-corrected chi connectivity index (χ3v) is 5.00. The number of rotatable bonds is 5. The van der Waals surface area contributed by atoms with Gasteiger partial charge in [-0.05, 0) is 17.6 Å². The lowest BCUT2D eigenvalue weighted by molar-refractivity contribution is -0.136. The van der Waals surface area contributed by atoms with E-state index in [1.54, 1.807) is 0 Å². The molecule has 0 unspecified atom stereocenters. The minimum atomic E-state index is -4.47. The van der Waals surface area contributed by atoms with E-state index in [2.05, 4.69) is 29.6 Å². The monoisotopic (exact) mass is 351 g/mol. The normalized spacial score (nSPS) is 13.0. The Hall–Kier alpha value is -1.12. The Morgan fingerprint density at radius 3 is 2.59 bits per heavy atom. The lowest BCUT2D eigenvalue weighted by atomic mass is 10.2. The van der Waals surface area contributed by atoms with Crippen molar-refractivity contribution in [3.8, 4) is 0 Å². The van der Waals surface area contributed by atoms with Crippen molar-refractivity contribution in [3.63, 3.8) is 0 Å². The first-order chi connectivity index (χ1) is 10.1. The lowest BCUT2D eigenvalue weighted by Gasteiger charge is -2.15. The van der Waals surface area contributed by atoms with Gasteiger partial charge in [0.2, 0.25) is 5.28 Å². The van der Waals surface area contributed by atoms with Crippen molar-refractivity contribution in [3.05, 3.63) is 23.2 Å². The molecule has 2 aromatic rings. The van der Waals surface area contributed by atoms with E-state index in [0.717, 1.165) is 18.4 Å². The molecule has 0 saturated carbocycles. The van der Waals surface area contributed by atoms with E-state index in [1.165, 1.54) is 4.57 Å². The molecule has 2 heterocycles. The number of alkyl halides is 3. The second-order valence-electron chi connectivity index (χ2n) is 6.23. The Labute approximate surface area is 132 Å². The number of ether oxygens (including phenoxy) is 1. The SMILES string of the molecule is C[Si](C)(C)CCOCn1cc(C(F)(F)F)c2cnc(Cl)nc21. The highest BCUT2D eigenvalue weighted by molar-refractivity contribution is 6.76. The third kappa shape index (κ3) is 4.20. The first kappa shape index (κ1) is 17.2. The molecule has 0 saturated heterocycles. The maximum atomic E-state index is 13.0. The summed E-state index contributed by atoms with van der Waals surface area (Å²) >= 11 is 5.68. The average molecular weight is 352 g/mol. The molecule has 0 aliphatic carbocycles. The molecule has 0 aliphatic rings. The molecular weight excluding hydrogens is 335 g/mol. The molecule has 22 heavy (non-hydrogen) atoms. The van der Waals surface area contributed by atoms with Gasteiger partial charge in [-0.2, -0.15) is 18.2 Å². The second kappa shape index (κ2) is 6.17. The van der Waals surface area contributed by atoms with Crippen molar-refractivity contribution in [1.82, 2.24) is 14.5 Å². The summed E-state index contributed by atoms with van der Waals surface area (Å²) in [7, 11) is -1.24. The van der Waals surface area contributed by atoms with Crippen molar-refractivity contribution in [2.24, 2.45) is 0 Å². The first-order valence-corrected chi connectivity index (χ1v) is 10.8. The van der Waals surface area contributed by atoms with Crippen molar-refractivity contribution in [2.45, 2.75) is 38.6 Å². The molecule has 122 valence electrons. The van der Waals surface area contributed by atoms with Gasteiger partial charge >= 0.3 is 6.18 Å². The molecule has 2 rings (SSSR count). The van der Waals surface area contributed by atoms with Crippen LogP contribution in [0.5, 0.6) is 0 Å². The highest BCUT2D eigenvalue weighted by Gasteiger charge is 2.35. The number of nitrogens with zero attached hydrogens (tertiary/aromatic N) is 3. The van der Waals surface area contributed by atoms with Gasteiger partial charge in [-0.1, -0.05) is 19.6 Å². The molecule has 2 aromatic heterocycles. The van der Waals surface area contributed by atoms with Crippen molar-refractivity contribution >= 4 is 30.7 Å². The van der Waals surface area contributed by atoms with E-state index in [9.17, 15) is 13.2 Å². The molecule has 9 heteroatoms. The van der Waals surface area contributed by atoms with Crippen LogP contribution in [0.4, 0.5) is 13.2 Å². The highest BCUT2D eigenvalue weighted by atomic mass is 35.5. The molecule has 0 radical (unpaired) electrons. The molecule has 0 N–H and O–H groups in total. The van der Waals surface area contributed by atoms with Gasteiger partial charge in [0, 0.05) is 32.5 Å². The Bertz CT molecular complexity index is 667. The van der Waals surface area contributed by atoms with Crippen LogP contribution in [0.25, 0.3) is 11.0 Å². The van der Waals surface area contributed by atoms with Gasteiger partial charge in [0.25, 0.3) is 0 Å². The fourth-order valence-electron chi connectivity index (χ4n) is 1.91. The van der Waals surface area contributed by atoms with Crippen LogP contribution in [0, 0.1) is 0 Å². The summed E-state index contributed by atoms with van der Waals surface area (Å²) in [6.45, 7) is 7.13. The summed E-state index contributed by atoms with van der Waals surface area (Å²) in [6.07, 6.45) is -2.39. The maximum Gasteiger partial charge on any atom is 0.418 e. The average Bonchev–Trinajstić information content (AvgIpc) is 2.71. The van der Waals surface area contributed by atoms with Gasteiger partial charge in [0.05, 0.1) is 5.56 Å². The summed E-state index contributed by atoms with van der Waals surface area (Å²) in [5.41, 5.74) is -0.659. The van der Waals surface area contributed by atoms with E-state index in [0.29, 0.717) is 6.61 Å². The predicted molar refractivity (Wildman–Crippen MR) is 81.6 cm³/mol. The minimum Gasteiger partial charge on any atom is -0.361 e. The summed E-state index contributed by atoms with van der Waals surface area (Å²) in [5.74, 6) is 0. The summed E-state index contributed by atoms with van der Waals surface area (Å²) in [4.78, 5) is 7.51. The van der Waals surface area contributed by atoms with Gasteiger partial charge in [-0.25, -0.2) is 4.98 Å². The van der Waals surface area contributed by atoms with Crippen molar-refractivity contribution in [2.75, 3.05) is 6.61 Å². The van der Waals surface area contributed by atoms with Gasteiger partial charge in [-0.15, -0.1) is 0 Å². The zero-order valence-corrected chi connectivity index (χ0v) is 14.3. The Balaban J connectivity index is 2.24. The Morgan fingerprint density at radius 2 is 2.00 bits per heavy atom. The van der Waals surface area contributed by atoms with Crippen LogP contribution in [0.1, 0.15) is 5.56 Å². The molecule has 0 bridgehead atoms. The topological polar surface area (TPSA) is 39.9 Å². The zero-order chi connectivity index (χ0) is 16.5. The summed E-state index contributed by atoms with van der Waals surface area (Å²) in [5, 5.41) is -0.173. The van der Waals surface area contributed by atoms with Crippen molar-refractivity contribution < 1.29 is 17.9 Å². The largest absolute Gasteiger partial charge is 0.418 e. The van der Waals surface area contributed by atoms with E-state index < -0.39 is 19.8 Å². The van der Waals surface area contributed by atoms with Crippen molar-refractivity contribution in [1.29, 1.82) is 0 Å². The zero-order valence-electron chi connectivity index (χ0n) is 12.5. The fourth-order valence-corrected chi connectivity index (χ4v) is 2.80. The molecule has 0 atom stereocenters. The predicted octanol–water partition coefficient (Wildman–Crippen LogP) is 4.42. The van der Waals surface area contributed by atoms with E-state index in [1.807, 2.05) is 0 Å². The van der Waals surface area contributed by atoms with Gasteiger partial charge in [-0.3, -0.25) is 0 Å². The smallest absolute Gasteiger partial charge is 0.361 e. The van der Waals surface area contributed by atoms with Crippen LogP contribution >= 0.6 is 11.6 Å². The van der Waals surface area contributed by atoms with Crippen LogP contribution in [-0.4, -0.2) is 29.2 Å². The molecule has 0 aromatic carbocycles. The second-order valence-corrected chi connectivity index (χ2v) is 12.2. The number of hydrogen-bond acceptors (Lipinski definition) is 3. The number of halogens is 4. The number of hydrogen-bond donors (Lipinski definition) is 0. The third-order valence-electron chi connectivity index (χ3n) is 3.12. The minimum absolute atomic E-state index is 0.00437. The first-order valence-electron chi connectivity index (χ1n) is 6.74. The molecular formula is C13H17ClF3N3OSi. The fraction of sp³-hybridized carbons (Fsp3) is 0.538. The van der Waals surface area contributed by atoms with Gasteiger partial charge < -0.3 is 9.30 Å². The standard InChI is InChI=1S/C13H17ClF3N3OSi/c1-22(2,3)5-4-21-8-20-7-10(13(15,16)17)9-6-18-12(14)19-11(9)20/h6-7H,4-5,8H2,1-3H3. The number of fused-ring (bicyclic) bond motifs is 1. The van der Waals surface area contributed by atoms with Crippen LogP contribution < -0.4 is 0 Å². The maximum absolute atomic E-state index is 13.0. The molecule has 0 fully saturated rings. The van der Waals surface area contributed by atoms with Crippen LogP contribution in [0.3, 0.4) is 0 Å². The van der Waals surface area contributed by atoms with E-state index >= 15 is 0 Å². The Kier molecular flexibility index (Phi) is 4.83. The van der Waals surface area contributed by atoms with Crippen LogP contribution in [0.15, 0.2) is 12.4 Å². The Morgan fingerprint density at radius 1 is 1.32 bits per heavy atom. The molecule has 0 amide bonds. The molecule has 0 spiro atoms. The summed E-state index contributed by atoms with van der Waals surface area (Å²) < 4.78 is 45.9. The number of aromatic nitrogens is 3. The highest BCUT2D eigenvalue weighted by Crippen LogP contribution is 2.35. The van der Waals surface area contributed by atoms with Crippen LogP contribution in [0.2, 0.25) is 31.0 Å². The summed E-state index contributed by atoms with van der Waals surface area (Å²) in [6, 6.07) is 0.939. The van der Waals surface area contributed by atoms with E-state index in [-0.39, 0.29) is 23.0 Å². The van der Waals surface area contributed by atoms with Crippen LogP contribution in [-0.2, 0) is 17.6 Å². The molecule has 0 aliphatic heterocycles. The van der Waals surface area contributed by atoms with Gasteiger partial charge in [0.1, 0.15) is 12.4 Å². The van der Waals surface area contributed by atoms with Gasteiger partial charge in [0.15, 0.2) is 0 Å². The van der Waals surface area contributed by atoms with E-state index in [4.69, 9.17) is 16.3 Å².